The van der Waals surface area contributed by atoms with Gasteiger partial charge in [-0.05, 0) is 20.0 Å². The van der Waals surface area contributed by atoms with Crippen molar-refractivity contribution in [2.75, 3.05) is 13.6 Å². The van der Waals surface area contributed by atoms with Gasteiger partial charge in [-0.2, -0.15) is 0 Å². The molecule has 1 unspecified atom stereocenters. The van der Waals surface area contributed by atoms with Crippen LogP contribution in [0.4, 0.5) is 0 Å². The van der Waals surface area contributed by atoms with Gasteiger partial charge in [0.2, 0.25) is 5.91 Å². The summed E-state index contributed by atoms with van der Waals surface area (Å²) in [5.74, 6) is 5.73. The van der Waals surface area contributed by atoms with E-state index in [4.69, 9.17) is 10.3 Å². The average molecular weight is 225 g/mol. The minimum Gasteiger partial charge on any atom is -0.469 e. The van der Waals surface area contributed by atoms with Crippen molar-refractivity contribution in [3.05, 3.63) is 23.7 Å². The second-order valence-electron chi connectivity index (χ2n) is 4.11. The van der Waals surface area contributed by atoms with Gasteiger partial charge in [0.05, 0.1) is 6.26 Å². The van der Waals surface area contributed by atoms with Gasteiger partial charge in [-0.25, -0.2) is 5.84 Å². The molecule has 0 aliphatic heterocycles. The topological polar surface area (TPSA) is 71.5 Å². The fourth-order valence-electron chi connectivity index (χ4n) is 1.62. The molecule has 90 valence electrons. The van der Waals surface area contributed by atoms with Crippen molar-refractivity contribution in [1.29, 1.82) is 0 Å². The smallest absolute Gasteiger partial charge is 0.237 e. The van der Waals surface area contributed by atoms with Gasteiger partial charge < -0.3 is 9.32 Å². The second-order valence-corrected chi connectivity index (χ2v) is 4.11. The summed E-state index contributed by atoms with van der Waals surface area (Å²) in [4.78, 5) is 13.3. The summed E-state index contributed by atoms with van der Waals surface area (Å²) in [6, 6.07) is 1.94. The molecule has 1 amide bonds. The van der Waals surface area contributed by atoms with Crippen LogP contribution in [0.1, 0.15) is 18.2 Å². The van der Waals surface area contributed by atoms with Gasteiger partial charge in [-0.3, -0.25) is 10.2 Å². The number of hydrogen-bond acceptors (Lipinski definition) is 4. The molecular formula is C11H19N3O2. The molecule has 16 heavy (non-hydrogen) atoms. The molecular weight excluding hydrogens is 206 g/mol. The van der Waals surface area contributed by atoms with Crippen LogP contribution in [-0.4, -0.2) is 24.4 Å². The fraction of sp³-hybridized carbons (Fsp3) is 0.545. The zero-order valence-electron chi connectivity index (χ0n) is 9.99. The van der Waals surface area contributed by atoms with E-state index >= 15 is 0 Å². The molecule has 0 bridgehead atoms. The SMILES string of the molecule is Cc1occc1CN(C)CC(C)C(=O)NN. The van der Waals surface area contributed by atoms with Crippen molar-refractivity contribution in [2.45, 2.75) is 20.4 Å². The van der Waals surface area contributed by atoms with E-state index in [0.29, 0.717) is 6.54 Å². The van der Waals surface area contributed by atoms with Gasteiger partial charge in [-0.15, -0.1) is 0 Å². The molecule has 0 aromatic carbocycles. The average Bonchev–Trinajstić information content (AvgIpc) is 2.63. The number of nitrogens with zero attached hydrogens (tertiary/aromatic N) is 1. The van der Waals surface area contributed by atoms with Crippen LogP contribution in [0, 0.1) is 12.8 Å². The van der Waals surface area contributed by atoms with Crippen LogP contribution in [0.2, 0.25) is 0 Å². The molecule has 0 aliphatic carbocycles. The Morgan fingerprint density at radius 1 is 1.69 bits per heavy atom. The van der Waals surface area contributed by atoms with E-state index < -0.39 is 0 Å². The fourth-order valence-corrected chi connectivity index (χ4v) is 1.62. The first-order chi connectivity index (χ1) is 7.54. The number of carbonyl (C=O) groups is 1. The van der Waals surface area contributed by atoms with Gasteiger partial charge in [0.1, 0.15) is 5.76 Å². The summed E-state index contributed by atoms with van der Waals surface area (Å²) in [5, 5.41) is 0. The number of furan rings is 1. The molecule has 1 aromatic rings. The van der Waals surface area contributed by atoms with E-state index in [2.05, 4.69) is 10.3 Å². The minimum atomic E-state index is -0.143. The Hall–Kier alpha value is -1.33. The summed E-state index contributed by atoms with van der Waals surface area (Å²) in [5.41, 5.74) is 3.30. The van der Waals surface area contributed by atoms with E-state index in [1.807, 2.05) is 27.0 Å². The maximum absolute atomic E-state index is 11.2. The minimum absolute atomic E-state index is 0.123. The Bertz CT molecular complexity index is 349. The Balaban J connectivity index is 2.45. The van der Waals surface area contributed by atoms with Crippen molar-refractivity contribution >= 4 is 5.91 Å². The maximum Gasteiger partial charge on any atom is 0.237 e. The van der Waals surface area contributed by atoms with E-state index in [0.717, 1.165) is 17.9 Å². The molecule has 5 nitrogen and oxygen atoms in total. The first-order valence-corrected chi connectivity index (χ1v) is 5.26. The van der Waals surface area contributed by atoms with Crippen LogP contribution in [0.25, 0.3) is 0 Å². The maximum atomic E-state index is 11.2. The third-order valence-corrected chi connectivity index (χ3v) is 2.58. The lowest BCUT2D eigenvalue weighted by molar-refractivity contribution is -0.125. The summed E-state index contributed by atoms with van der Waals surface area (Å²) in [6.45, 7) is 5.21. The summed E-state index contributed by atoms with van der Waals surface area (Å²) < 4.78 is 5.21. The largest absolute Gasteiger partial charge is 0.469 e. The van der Waals surface area contributed by atoms with Crippen LogP contribution in [0.5, 0.6) is 0 Å². The van der Waals surface area contributed by atoms with Gasteiger partial charge in [0, 0.05) is 24.6 Å². The highest BCUT2D eigenvalue weighted by Gasteiger charge is 2.14. The molecule has 3 N–H and O–H groups in total. The van der Waals surface area contributed by atoms with Crippen LogP contribution in [0.3, 0.4) is 0 Å². The lowest BCUT2D eigenvalue weighted by Crippen LogP contribution is -2.39. The lowest BCUT2D eigenvalue weighted by atomic mass is 10.1. The number of nitrogens with one attached hydrogen (secondary N) is 1. The normalized spacial score (nSPS) is 12.8. The Morgan fingerprint density at radius 3 is 2.88 bits per heavy atom. The molecule has 1 aromatic heterocycles. The Labute approximate surface area is 95.6 Å². The number of rotatable bonds is 5. The third kappa shape index (κ3) is 3.36. The number of hydrogen-bond donors (Lipinski definition) is 2. The molecule has 0 saturated carbocycles. The van der Waals surface area contributed by atoms with E-state index in [-0.39, 0.29) is 11.8 Å². The van der Waals surface area contributed by atoms with Crippen molar-refractivity contribution in [3.63, 3.8) is 0 Å². The Morgan fingerprint density at radius 2 is 2.38 bits per heavy atom. The molecule has 0 saturated heterocycles. The summed E-state index contributed by atoms with van der Waals surface area (Å²) in [6.07, 6.45) is 1.68. The number of carbonyl (C=O) groups excluding carboxylic acids is 1. The van der Waals surface area contributed by atoms with Crippen molar-refractivity contribution in [1.82, 2.24) is 10.3 Å². The number of nitrogens with two attached hydrogens (primary N) is 1. The van der Waals surface area contributed by atoms with Gasteiger partial charge in [0.25, 0.3) is 0 Å². The van der Waals surface area contributed by atoms with Crippen LogP contribution < -0.4 is 11.3 Å². The quantitative estimate of drug-likeness (QED) is 0.438. The summed E-state index contributed by atoms with van der Waals surface area (Å²) in [7, 11) is 1.97. The zero-order valence-corrected chi connectivity index (χ0v) is 9.99. The van der Waals surface area contributed by atoms with Crippen LogP contribution in [0.15, 0.2) is 16.7 Å². The molecule has 0 aliphatic rings. The lowest BCUT2D eigenvalue weighted by Gasteiger charge is -2.19. The first kappa shape index (κ1) is 12.7. The van der Waals surface area contributed by atoms with Crippen molar-refractivity contribution < 1.29 is 9.21 Å². The van der Waals surface area contributed by atoms with Crippen LogP contribution in [-0.2, 0) is 11.3 Å². The number of amides is 1. The standard InChI is InChI=1S/C11H19N3O2/c1-8(11(15)13-12)6-14(3)7-10-4-5-16-9(10)2/h4-5,8H,6-7,12H2,1-3H3,(H,13,15). The predicted octanol–water partition coefficient (Wildman–Crippen LogP) is 0.646. The Kier molecular flexibility index (Phi) is 4.52. The van der Waals surface area contributed by atoms with Crippen molar-refractivity contribution in [2.24, 2.45) is 11.8 Å². The second kappa shape index (κ2) is 5.67. The number of hydrazine groups is 1. The zero-order chi connectivity index (χ0) is 12.1. The first-order valence-electron chi connectivity index (χ1n) is 5.26. The highest BCUT2D eigenvalue weighted by Crippen LogP contribution is 2.11. The number of aryl methyl sites for hydroxylation is 1. The molecule has 1 rings (SSSR count). The molecule has 1 heterocycles. The van der Waals surface area contributed by atoms with Crippen molar-refractivity contribution in [3.8, 4) is 0 Å². The highest BCUT2D eigenvalue weighted by atomic mass is 16.3. The molecule has 5 heteroatoms. The molecule has 0 fully saturated rings. The molecule has 0 spiro atoms. The molecule has 0 radical (unpaired) electrons. The summed E-state index contributed by atoms with van der Waals surface area (Å²) >= 11 is 0. The highest BCUT2D eigenvalue weighted by molar-refractivity contribution is 5.77. The monoisotopic (exact) mass is 225 g/mol. The van der Waals surface area contributed by atoms with Gasteiger partial charge in [-0.1, -0.05) is 6.92 Å². The van der Waals surface area contributed by atoms with E-state index in [9.17, 15) is 4.79 Å². The van der Waals surface area contributed by atoms with Gasteiger partial charge >= 0.3 is 0 Å². The van der Waals surface area contributed by atoms with Crippen LogP contribution >= 0.6 is 0 Å². The predicted molar refractivity (Wildman–Crippen MR) is 61.3 cm³/mol. The molecule has 1 atom stereocenters. The van der Waals surface area contributed by atoms with Gasteiger partial charge in [0.15, 0.2) is 0 Å². The van der Waals surface area contributed by atoms with E-state index in [1.54, 1.807) is 6.26 Å². The van der Waals surface area contributed by atoms with E-state index in [1.165, 1.54) is 0 Å². The third-order valence-electron chi connectivity index (χ3n) is 2.58.